The number of nitrogens with zero attached hydrogens (tertiary/aromatic N) is 1. The first-order chi connectivity index (χ1) is 6.04. The molecule has 0 saturated carbocycles. The standard InChI is InChI=1S/C7H9ClN2O2S/c1-2-9-6-4-3-5-7(10-6)13(8,11)12/h3-5H,2H2,1H3,(H,9,10). The van der Waals surface area contributed by atoms with Gasteiger partial charge in [-0.15, -0.1) is 0 Å². The smallest absolute Gasteiger partial charge is 0.278 e. The van der Waals surface area contributed by atoms with E-state index in [0.29, 0.717) is 12.4 Å². The van der Waals surface area contributed by atoms with Crippen LogP contribution < -0.4 is 5.32 Å². The van der Waals surface area contributed by atoms with Crippen molar-refractivity contribution in [2.45, 2.75) is 11.9 Å². The van der Waals surface area contributed by atoms with Crippen LogP contribution in [0.15, 0.2) is 23.2 Å². The van der Waals surface area contributed by atoms with Gasteiger partial charge in [0.05, 0.1) is 0 Å². The van der Waals surface area contributed by atoms with Gasteiger partial charge >= 0.3 is 0 Å². The summed E-state index contributed by atoms with van der Waals surface area (Å²) in [4.78, 5) is 3.80. The van der Waals surface area contributed by atoms with E-state index in [-0.39, 0.29) is 5.03 Å². The second-order valence-corrected chi connectivity index (χ2v) is 4.84. The highest BCUT2D eigenvalue weighted by Gasteiger charge is 2.11. The van der Waals surface area contributed by atoms with Gasteiger partial charge in [-0.1, -0.05) is 6.07 Å². The van der Waals surface area contributed by atoms with Crippen LogP contribution in [0.1, 0.15) is 6.92 Å². The summed E-state index contributed by atoms with van der Waals surface area (Å²) in [6.45, 7) is 2.57. The SMILES string of the molecule is CCNc1cccc(S(=O)(=O)Cl)n1. The molecule has 0 aromatic carbocycles. The molecular weight excluding hydrogens is 212 g/mol. The number of rotatable bonds is 3. The zero-order valence-corrected chi connectivity index (χ0v) is 8.56. The molecule has 0 radical (unpaired) electrons. The molecule has 1 aromatic heterocycles. The highest BCUT2D eigenvalue weighted by atomic mass is 35.7. The molecule has 1 aromatic rings. The maximum atomic E-state index is 10.9. The normalized spacial score (nSPS) is 11.2. The monoisotopic (exact) mass is 220 g/mol. The summed E-state index contributed by atoms with van der Waals surface area (Å²) in [6.07, 6.45) is 0. The molecular formula is C7H9ClN2O2S. The fourth-order valence-electron chi connectivity index (χ4n) is 0.830. The van der Waals surface area contributed by atoms with Crippen molar-refractivity contribution in [2.75, 3.05) is 11.9 Å². The molecule has 1 N–H and O–H groups in total. The predicted octanol–water partition coefficient (Wildman–Crippen LogP) is 1.44. The molecule has 0 saturated heterocycles. The molecule has 0 aliphatic carbocycles. The lowest BCUT2D eigenvalue weighted by Crippen LogP contribution is -2.02. The highest BCUT2D eigenvalue weighted by Crippen LogP contribution is 2.13. The van der Waals surface area contributed by atoms with Crippen molar-refractivity contribution >= 4 is 25.6 Å². The summed E-state index contributed by atoms with van der Waals surface area (Å²) in [7, 11) is 1.39. The van der Waals surface area contributed by atoms with Crippen LogP contribution in [0.2, 0.25) is 0 Å². The van der Waals surface area contributed by atoms with E-state index >= 15 is 0 Å². The summed E-state index contributed by atoms with van der Waals surface area (Å²) in [5.74, 6) is 0.504. The Morgan fingerprint density at radius 2 is 2.23 bits per heavy atom. The van der Waals surface area contributed by atoms with Crippen LogP contribution in [0, 0.1) is 0 Å². The van der Waals surface area contributed by atoms with Gasteiger partial charge in [0.1, 0.15) is 5.82 Å². The molecule has 1 rings (SSSR count). The molecule has 0 spiro atoms. The van der Waals surface area contributed by atoms with Crippen molar-refractivity contribution in [1.29, 1.82) is 0 Å². The molecule has 6 heteroatoms. The minimum atomic E-state index is -3.72. The fourth-order valence-corrected chi connectivity index (χ4v) is 1.54. The zero-order chi connectivity index (χ0) is 9.90. The van der Waals surface area contributed by atoms with E-state index in [1.54, 1.807) is 12.1 Å². The number of halogens is 1. The van der Waals surface area contributed by atoms with Gasteiger partial charge in [-0.05, 0) is 19.1 Å². The lowest BCUT2D eigenvalue weighted by Gasteiger charge is -2.02. The summed E-state index contributed by atoms with van der Waals surface area (Å²) < 4.78 is 21.7. The van der Waals surface area contributed by atoms with E-state index in [1.165, 1.54) is 6.07 Å². The molecule has 0 aliphatic heterocycles. The number of nitrogens with one attached hydrogen (secondary N) is 1. The van der Waals surface area contributed by atoms with Crippen molar-refractivity contribution in [2.24, 2.45) is 0 Å². The largest absolute Gasteiger partial charge is 0.370 e. The third-order valence-electron chi connectivity index (χ3n) is 1.33. The number of aromatic nitrogens is 1. The van der Waals surface area contributed by atoms with Gasteiger partial charge in [0.2, 0.25) is 0 Å². The first-order valence-electron chi connectivity index (χ1n) is 3.69. The first-order valence-corrected chi connectivity index (χ1v) is 6.00. The molecule has 0 amide bonds. The highest BCUT2D eigenvalue weighted by molar-refractivity contribution is 8.13. The summed E-state index contributed by atoms with van der Waals surface area (Å²) in [5, 5.41) is 2.75. The van der Waals surface area contributed by atoms with Crippen LogP contribution >= 0.6 is 10.7 Å². The van der Waals surface area contributed by atoms with Gasteiger partial charge in [-0.2, -0.15) is 0 Å². The maximum Gasteiger partial charge on any atom is 0.278 e. The average molecular weight is 221 g/mol. The Hall–Kier alpha value is -0.810. The summed E-state index contributed by atoms with van der Waals surface area (Å²) in [5.41, 5.74) is 0. The van der Waals surface area contributed by atoms with Crippen LogP contribution in [0.5, 0.6) is 0 Å². The van der Waals surface area contributed by atoms with Crippen LogP contribution in [-0.2, 0) is 9.05 Å². The number of hydrogen-bond acceptors (Lipinski definition) is 4. The van der Waals surface area contributed by atoms with Crippen molar-refractivity contribution < 1.29 is 8.42 Å². The predicted molar refractivity (Wildman–Crippen MR) is 51.4 cm³/mol. The van der Waals surface area contributed by atoms with Gasteiger partial charge in [0, 0.05) is 17.2 Å². The van der Waals surface area contributed by atoms with Gasteiger partial charge < -0.3 is 5.32 Å². The van der Waals surface area contributed by atoms with E-state index < -0.39 is 9.05 Å². The van der Waals surface area contributed by atoms with Crippen molar-refractivity contribution in [3.63, 3.8) is 0 Å². The van der Waals surface area contributed by atoms with Crippen molar-refractivity contribution in [1.82, 2.24) is 4.98 Å². The molecule has 13 heavy (non-hydrogen) atoms. The maximum absolute atomic E-state index is 10.9. The average Bonchev–Trinajstić information content (AvgIpc) is 2.04. The third-order valence-corrected chi connectivity index (χ3v) is 2.53. The lowest BCUT2D eigenvalue weighted by molar-refractivity contribution is 0.606. The zero-order valence-electron chi connectivity index (χ0n) is 6.99. The third kappa shape index (κ3) is 2.86. The Kier molecular flexibility index (Phi) is 3.11. The van der Waals surface area contributed by atoms with E-state index in [1.807, 2.05) is 6.92 Å². The van der Waals surface area contributed by atoms with Gasteiger partial charge in [-0.3, -0.25) is 0 Å². The minimum absolute atomic E-state index is 0.132. The van der Waals surface area contributed by atoms with E-state index in [2.05, 4.69) is 10.3 Å². The van der Waals surface area contributed by atoms with Crippen molar-refractivity contribution in [3.8, 4) is 0 Å². The van der Waals surface area contributed by atoms with Crippen LogP contribution in [0.4, 0.5) is 5.82 Å². The topological polar surface area (TPSA) is 59.1 Å². The van der Waals surface area contributed by atoms with E-state index in [9.17, 15) is 8.42 Å². The Labute approximate surface area is 81.4 Å². The Balaban J connectivity index is 3.06. The Morgan fingerprint density at radius 1 is 1.54 bits per heavy atom. The van der Waals surface area contributed by atoms with E-state index in [0.717, 1.165) is 0 Å². The molecule has 0 aliphatic rings. The van der Waals surface area contributed by atoms with Gasteiger partial charge in [0.15, 0.2) is 5.03 Å². The van der Waals surface area contributed by atoms with Crippen LogP contribution in [-0.4, -0.2) is 19.9 Å². The fraction of sp³-hybridized carbons (Fsp3) is 0.286. The van der Waals surface area contributed by atoms with Gasteiger partial charge in [0.25, 0.3) is 9.05 Å². The Bertz CT molecular complexity index is 391. The molecule has 1 heterocycles. The molecule has 0 fully saturated rings. The Morgan fingerprint density at radius 3 is 2.77 bits per heavy atom. The van der Waals surface area contributed by atoms with Crippen molar-refractivity contribution in [3.05, 3.63) is 18.2 Å². The number of hydrogen-bond donors (Lipinski definition) is 1. The first kappa shape index (κ1) is 10.3. The van der Waals surface area contributed by atoms with Gasteiger partial charge in [-0.25, -0.2) is 13.4 Å². The molecule has 0 bridgehead atoms. The quantitative estimate of drug-likeness (QED) is 0.784. The second kappa shape index (κ2) is 3.93. The second-order valence-electron chi connectivity index (χ2n) is 2.33. The molecule has 0 atom stereocenters. The van der Waals surface area contributed by atoms with E-state index in [4.69, 9.17) is 10.7 Å². The lowest BCUT2D eigenvalue weighted by atomic mass is 10.4. The molecule has 4 nitrogen and oxygen atoms in total. The minimum Gasteiger partial charge on any atom is -0.370 e. The number of anilines is 1. The molecule has 72 valence electrons. The summed E-state index contributed by atoms with van der Waals surface area (Å²) in [6, 6.07) is 4.61. The molecule has 0 unspecified atom stereocenters. The number of pyridine rings is 1. The summed E-state index contributed by atoms with van der Waals surface area (Å²) >= 11 is 0. The van der Waals surface area contributed by atoms with Crippen LogP contribution in [0.3, 0.4) is 0 Å². The van der Waals surface area contributed by atoms with Crippen LogP contribution in [0.25, 0.3) is 0 Å².